The van der Waals surface area contributed by atoms with Gasteiger partial charge in [-0.1, -0.05) is 19.1 Å². The summed E-state index contributed by atoms with van der Waals surface area (Å²) in [6.45, 7) is 5.78. The number of piperidine rings is 1. The molecule has 30 heavy (non-hydrogen) atoms. The van der Waals surface area contributed by atoms with Crippen LogP contribution < -0.4 is 15.5 Å². The Bertz CT molecular complexity index is 974. The quantitative estimate of drug-likeness (QED) is 0.770. The van der Waals surface area contributed by atoms with Gasteiger partial charge >= 0.3 is 0 Å². The molecule has 1 aromatic heterocycles. The zero-order valence-electron chi connectivity index (χ0n) is 17.2. The first-order valence-corrected chi connectivity index (χ1v) is 11.6. The summed E-state index contributed by atoms with van der Waals surface area (Å²) in [7, 11) is 0. The minimum atomic E-state index is 0.0300. The predicted molar refractivity (Wildman–Crippen MR) is 119 cm³/mol. The van der Waals surface area contributed by atoms with Gasteiger partial charge in [-0.2, -0.15) is 0 Å². The molecule has 1 aromatic carbocycles. The monoisotopic (exact) mass is 425 g/mol. The van der Waals surface area contributed by atoms with Crippen LogP contribution in [0.25, 0.3) is 0 Å². The number of rotatable bonds is 5. The van der Waals surface area contributed by atoms with E-state index in [0.717, 1.165) is 48.2 Å². The fourth-order valence-electron chi connectivity index (χ4n) is 5.00. The van der Waals surface area contributed by atoms with Crippen molar-refractivity contribution in [2.45, 2.75) is 45.2 Å². The fourth-order valence-corrected chi connectivity index (χ4v) is 5.72. The molecule has 4 heterocycles. The van der Waals surface area contributed by atoms with Gasteiger partial charge in [-0.25, -0.2) is 4.98 Å². The second kappa shape index (κ2) is 8.00. The van der Waals surface area contributed by atoms with Crippen molar-refractivity contribution in [2.75, 3.05) is 35.2 Å². The lowest BCUT2D eigenvalue weighted by Gasteiger charge is -2.36. The maximum Gasteiger partial charge on any atom is 0.228 e. The van der Waals surface area contributed by atoms with Crippen LogP contribution in [0.4, 0.5) is 16.5 Å². The van der Waals surface area contributed by atoms with Crippen molar-refractivity contribution in [1.29, 1.82) is 0 Å². The Balaban J connectivity index is 1.30. The summed E-state index contributed by atoms with van der Waals surface area (Å²) in [5.74, 6) is 1.64. The number of likely N-dealkylation sites (tertiary alicyclic amines) is 1. The minimum absolute atomic E-state index is 0.0300. The standard InChI is InChI=1S/C22H27N5O2S/c1-2-19(28)25-22-21(23-13-30-22)27-11-16-4-3-7-26(18(16)12-27)10-14-5-6-15-9-20(29)24-17(15)8-14/h5-6,8,13,16,18H,2-4,7,9-12H2,1H3,(H,24,29)(H,25,28). The molecule has 7 nitrogen and oxygen atoms in total. The number of benzene rings is 1. The Labute approximate surface area is 180 Å². The van der Waals surface area contributed by atoms with Crippen LogP contribution in [0.1, 0.15) is 37.3 Å². The average Bonchev–Trinajstić information content (AvgIpc) is 3.44. The number of carbonyl (C=O) groups excluding carboxylic acids is 2. The third kappa shape index (κ3) is 3.70. The van der Waals surface area contributed by atoms with E-state index in [4.69, 9.17) is 0 Å². The predicted octanol–water partition coefficient (Wildman–Crippen LogP) is 3.09. The molecule has 2 atom stereocenters. The van der Waals surface area contributed by atoms with Gasteiger partial charge in [0.25, 0.3) is 0 Å². The van der Waals surface area contributed by atoms with E-state index in [1.807, 2.05) is 12.4 Å². The van der Waals surface area contributed by atoms with Crippen molar-refractivity contribution in [3.05, 3.63) is 34.8 Å². The van der Waals surface area contributed by atoms with Gasteiger partial charge in [-0.3, -0.25) is 14.5 Å². The Morgan fingerprint density at radius 3 is 3.13 bits per heavy atom. The van der Waals surface area contributed by atoms with Crippen LogP contribution in [0.2, 0.25) is 0 Å². The van der Waals surface area contributed by atoms with Gasteiger partial charge in [0, 0.05) is 37.8 Å². The number of thiazole rings is 1. The molecule has 2 amide bonds. The van der Waals surface area contributed by atoms with Gasteiger partial charge in [0.15, 0.2) is 5.82 Å². The van der Waals surface area contributed by atoms with E-state index in [1.165, 1.54) is 29.7 Å². The van der Waals surface area contributed by atoms with Crippen molar-refractivity contribution in [2.24, 2.45) is 5.92 Å². The van der Waals surface area contributed by atoms with Crippen LogP contribution in [0.15, 0.2) is 23.7 Å². The van der Waals surface area contributed by atoms with E-state index in [0.29, 0.717) is 24.8 Å². The molecule has 3 aliphatic heterocycles. The van der Waals surface area contributed by atoms with Crippen molar-refractivity contribution in [3.63, 3.8) is 0 Å². The lowest BCUT2D eigenvalue weighted by Crippen LogP contribution is -2.44. The first-order chi connectivity index (χ1) is 14.6. The molecule has 2 unspecified atom stereocenters. The molecule has 0 bridgehead atoms. The molecule has 158 valence electrons. The minimum Gasteiger partial charge on any atom is -0.352 e. The van der Waals surface area contributed by atoms with Crippen LogP contribution in [0, 0.1) is 5.92 Å². The van der Waals surface area contributed by atoms with E-state index in [9.17, 15) is 9.59 Å². The SMILES string of the molecule is CCC(=O)Nc1scnc1N1CC2CCCN(Cc3ccc4c(c3)NC(=O)C4)C2C1. The van der Waals surface area contributed by atoms with Crippen molar-refractivity contribution in [3.8, 4) is 0 Å². The first kappa shape index (κ1) is 19.5. The second-order valence-electron chi connectivity index (χ2n) is 8.47. The molecule has 2 N–H and O–H groups in total. The number of carbonyl (C=O) groups is 2. The maximum atomic E-state index is 11.9. The highest BCUT2D eigenvalue weighted by Gasteiger charge is 2.40. The maximum absolute atomic E-state index is 11.9. The molecule has 0 spiro atoms. The molecule has 2 aromatic rings. The number of amides is 2. The molecule has 5 rings (SSSR count). The third-order valence-electron chi connectivity index (χ3n) is 6.50. The van der Waals surface area contributed by atoms with Crippen LogP contribution in [0.5, 0.6) is 0 Å². The Morgan fingerprint density at radius 2 is 2.27 bits per heavy atom. The summed E-state index contributed by atoms with van der Waals surface area (Å²) in [5, 5.41) is 6.83. The van der Waals surface area contributed by atoms with Gasteiger partial charge in [0.05, 0.1) is 11.9 Å². The van der Waals surface area contributed by atoms with Gasteiger partial charge in [0.2, 0.25) is 11.8 Å². The highest BCUT2D eigenvalue weighted by Crippen LogP contribution is 2.38. The fraction of sp³-hybridized carbons (Fsp3) is 0.500. The molecule has 3 aliphatic rings. The summed E-state index contributed by atoms with van der Waals surface area (Å²) in [6.07, 6.45) is 3.40. The molecule has 2 fully saturated rings. The molecule has 0 radical (unpaired) electrons. The number of aromatic nitrogens is 1. The van der Waals surface area contributed by atoms with Gasteiger partial charge < -0.3 is 15.5 Å². The summed E-state index contributed by atoms with van der Waals surface area (Å²) in [6, 6.07) is 6.87. The van der Waals surface area contributed by atoms with Gasteiger partial charge in [-0.15, -0.1) is 11.3 Å². The van der Waals surface area contributed by atoms with Crippen LogP contribution in [0.3, 0.4) is 0 Å². The number of fused-ring (bicyclic) bond motifs is 2. The number of anilines is 3. The zero-order valence-corrected chi connectivity index (χ0v) is 18.0. The molecular formula is C22H27N5O2S. The lowest BCUT2D eigenvalue weighted by atomic mass is 9.91. The molecule has 0 aliphatic carbocycles. The molecule has 8 heteroatoms. The summed E-state index contributed by atoms with van der Waals surface area (Å²) in [5.41, 5.74) is 5.13. The van der Waals surface area contributed by atoms with E-state index in [1.54, 1.807) is 0 Å². The van der Waals surface area contributed by atoms with E-state index >= 15 is 0 Å². The molecule has 0 saturated carbocycles. The Kier molecular flexibility index (Phi) is 5.20. The van der Waals surface area contributed by atoms with Crippen molar-refractivity contribution < 1.29 is 9.59 Å². The largest absolute Gasteiger partial charge is 0.352 e. The highest BCUT2D eigenvalue weighted by atomic mass is 32.1. The normalized spacial score (nSPS) is 23.2. The second-order valence-corrected chi connectivity index (χ2v) is 9.32. The van der Waals surface area contributed by atoms with E-state index in [-0.39, 0.29) is 11.8 Å². The number of nitrogens with zero attached hydrogens (tertiary/aromatic N) is 3. The van der Waals surface area contributed by atoms with Gasteiger partial charge in [-0.05, 0) is 42.5 Å². The van der Waals surface area contributed by atoms with E-state index < -0.39 is 0 Å². The number of hydrogen-bond acceptors (Lipinski definition) is 6. The number of hydrogen-bond donors (Lipinski definition) is 2. The smallest absolute Gasteiger partial charge is 0.228 e. The van der Waals surface area contributed by atoms with Crippen LogP contribution >= 0.6 is 11.3 Å². The topological polar surface area (TPSA) is 77.6 Å². The first-order valence-electron chi connectivity index (χ1n) is 10.7. The van der Waals surface area contributed by atoms with Gasteiger partial charge in [0.1, 0.15) is 5.00 Å². The molecular weight excluding hydrogens is 398 g/mol. The Hall–Kier alpha value is -2.45. The average molecular weight is 426 g/mol. The van der Waals surface area contributed by atoms with Crippen molar-refractivity contribution >= 4 is 39.7 Å². The van der Waals surface area contributed by atoms with Crippen LogP contribution in [-0.4, -0.2) is 47.4 Å². The lowest BCUT2D eigenvalue weighted by molar-refractivity contribution is -0.116. The Morgan fingerprint density at radius 1 is 1.37 bits per heavy atom. The highest BCUT2D eigenvalue weighted by molar-refractivity contribution is 7.14. The summed E-state index contributed by atoms with van der Waals surface area (Å²) < 4.78 is 0. The summed E-state index contributed by atoms with van der Waals surface area (Å²) in [4.78, 5) is 33.0. The van der Waals surface area contributed by atoms with Crippen LogP contribution in [-0.2, 0) is 22.6 Å². The van der Waals surface area contributed by atoms with Crippen molar-refractivity contribution in [1.82, 2.24) is 9.88 Å². The number of nitrogens with one attached hydrogen (secondary N) is 2. The summed E-state index contributed by atoms with van der Waals surface area (Å²) >= 11 is 1.50. The zero-order chi connectivity index (χ0) is 20.7. The third-order valence-corrected chi connectivity index (χ3v) is 7.23. The molecule has 2 saturated heterocycles. The van der Waals surface area contributed by atoms with E-state index in [2.05, 4.69) is 43.6 Å².